The van der Waals surface area contributed by atoms with Gasteiger partial charge in [0.05, 0.1) is 19.3 Å². The lowest BCUT2D eigenvalue weighted by molar-refractivity contribution is -0.116. The Bertz CT molecular complexity index is 1510. The minimum atomic E-state index is -0.281. The number of rotatable bonds is 7. The highest BCUT2D eigenvalue weighted by atomic mass is 16.5. The van der Waals surface area contributed by atoms with E-state index in [2.05, 4.69) is 12.1 Å². The number of fused-ring (bicyclic) bond motifs is 1. The third-order valence-corrected chi connectivity index (χ3v) is 7.26. The number of aromatic nitrogens is 2. The lowest BCUT2D eigenvalue weighted by Crippen LogP contribution is -2.26. The smallest absolute Gasteiger partial charge is 0.222 e. The van der Waals surface area contributed by atoms with Crippen molar-refractivity contribution in [1.29, 1.82) is 0 Å². The molecule has 2 heterocycles. The number of carbonyl (C=O) groups is 1. The summed E-state index contributed by atoms with van der Waals surface area (Å²) in [6.45, 7) is 3.00. The first-order chi connectivity index (χ1) is 18.6. The molecule has 0 radical (unpaired) electrons. The minimum absolute atomic E-state index is 0.139. The first kappa shape index (κ1) is 24.0. The zero-order valence-electron chi connectivity index (χ0n) is 21.6. The average Bonchev–Trinajstić information content (AvgIpc) is 3.26. The summed E-state index contributed by atoms with van der Waals surface area (Å²) in [6, 6.07) is 26.2. The number of allylic oxidation sites excluding steroid dienone is 2. The van der Waals surface area contributed by atoms with Gasteiger partial charge in [-0.15, -0.1) is 0 Å². The molecule has 1 unspecified atom stereocenters. The molecule has 1 aromatic heterocycles. The highest BCUT2D eigenvalue weighted by molar-refractivity contribution is 5.99. The van der Waals surface area contributed by atoms with Crippen LogP contribution in [0.15, 0.2) is 90.2 Å². The second-order valence-corrected chi connectivity index (χ2v) is 9.78. The maximum Gasteiger partial charge on any atom is 0.222 e. The van der Waals surface area contributed by atoms with Gasteiger partial charge in [-0.25, -0.2) is 4.68 Å². The van der Waals surface area contributed by atoms with Crippen LogP contribution in [0.1, 0.15) is 53.1 Å². The minimum Gasteiger partial charge on any atom is -0.493 e. The van der Waals surface area contributed by atoms with Crippen molar-refractivity contribution in [3.8, 4) is 17.4 Å². The van der Waals surface area contributed by atoms with Crippen LogP contribution in [0.3, 0.4) is 0 Å². The van der Waals surface area contributed by atoms with Crippen LogP contribution in [0, 0.1) is 6.92 Å². The number of carbonyl (C=O) groups excluding carboxylic acids is 1. The number of nitrogens with zero attached hydrogens (tertiary/aromatic N) is 2. The molecule has 0 saturated heterocycles. The molecule has 0 saturated carbocycles. The largest absolute Gasteiger partial charge is 0.493 e. The van der Waals surface area contributed by atoms with Crippen LogP contribution in [0.5, 0.6) is 17.4 Å². The van der Waals surface area contributed by atoms with E-state index < -0.39 is 0 Å². The Hall–Kier alpha value is -4.32. The number of ether oxygens (including phenoxy) is 3. The van der Waals surface area contributed by atoms with Gasteiger partial charge in [0.15, 0.2) is 17.3 Å². The molecule has 6 heteroatoms. The van der Waals surface area contributed by atoms with E-state index >= 15 is 0 Å². The summed E-state index contributed by atoms with van der Waals surface area (Å²) in [6.07, 6.45) is 2.05. The second kappa shape index (κ2) is 10.2. The number of hydrogen-bond donors (Lipinski definition) is 0. The van der Waals surface area contributed by atoms with Gasteiger partial charge in [0.25, 0.3) is 0 Å². The lowest BCUT2D eigenvalue weighted by Gasteiger charge is -2.32. The molecule has 3 aromatic carbocycles. The molecular weight excluding hydrogens is 476 g/mol. The summed E-state index contributed by atoms with van der Waals surface area (Å²) < 4.78 is 20.2. The second-order valence-electron chi connectivity index (χ2n) is 9.78. The van der Waals surface area contributed by atoms with Crippen molar-refractivity contribution in [2.75, 3.05) is 7.11 Å². The van der Waals surface area contributed by atoms with Crippen molar-refractivity contribution in [3.63, 3.8) is 0 Å². The van der Waals surface area contributed by atoms with Crippen LogP contribution >= 0.6 is 0 Å². The molecule has 0 bridgehead atoms. The SMILES string of the molecule is COc1ccc(C2C3=C(CCCC3=O)Oc3c2c(C)nn3Cc2ccccc2)cc1OCc1ccccc1. The first-order valence-electron chi connectivity index (χ1n) is 13.0. The number of Topliss-reactive ketones (excluding diaryl/α,β-unsaturated/α-hetero) is 1. The lowest BCUT2D eigenvalue weighted by atomic mass is 9.77. The fourth-order valence-electron chi connectivity index (χ4n) is 5.46. The Balaban J connectivity index is 1.43. The molecule has 0 spiro atoms. The van der Waals surface area contributed by atoms with Crippen molar-refractivity contribution in [1.82, 2.24) is 9.78 Å². The molecule has 0 fully saturated rings. The van der Waals surface area contributed by atoms with Gasteiger partial charge in [-0.3, -0.25) is 4.79 Å². The molecule has 0 N–H and O–H groups in total. The molecule has 1 atom stereocenters. The number of methoxy groups -OCH3 is 1. The van der Waals surface area contributed by atoms with Crippen molar-refractivity contribution in [3.05, 3.63) is 118 Å². The molecule has 6 rings (SSSR count). The maximum atomic E-state index is 13.3. The normalized spacial score (nSPS) is 16.5. The first-order valence-corrected chi connectivity index (χ1v) is 13.0. The summed E-state index contributed by atoms with van der Waals surface area (Å²) in [5.41, 5.74) is 5.70. The number of ketones is 1. The Morgan fingerprint density at radius 2 is 1.68 bits per heavy atom. The van der Waals surface area contributed by atoms with Crippen LogP contribution in [0.4, 0.5) is 0 Å². The van der Waals surface area contributed by atoms with E-state index in [0.29, 0.717) is 37.0 Å². The number of aryl methyl sites for hydroxylation is 1. The standard InChI is InChI=1S/C32H30N2O4/c1-21-29-30(24-16-17-26(36-2)28(18-24)37-20-23-12-7-4-8-13-23)31-25(35)14-9-15-27(31)38-32(29)34(33-21)19-22-10-5-3-6-11-22/h3-8,10-13,16-18,30H,9,14-15,19-20H2,1-2H3. The van der Waals surface area contributed by atoms with Gasteiger partial charge in [-0.1, -0.05) is 66.7 Å². The van der Waals surface area contributed by atoms with Crippen molar-refractivity contribution in [2.24, 2.45) is 0 Å². The van der Waals surface area contributed by atoms with E-state index in [4.69, 9.17) is 19.3 Å². The molecule has 6 nitrogen and oxygen atoms in total. The molecule has 0 amide bonds. The summed E-state index contributed by atoms with van der Waals surface area (Å²) in [5.74, 6) is 2.62. The summed E-state index contributed by atoms with van der Waals surface area (Å²) >= 11 is 0. The average molecular weight is 507 g/mol. The zero-order chi connectivity index (χ0) is 26.1. The molecule has 192 valence electrons. The van der Waals surface area contributed by atoms with Gasteiger partial charge in [0.2, 0.25) is 5.88 Å². The van der Waals surface area contributed by atoms with Crippen molar-refractivity contribution in [2.45, 2.75) is 45.3 Å². The van der Waals surface area contributed by atoms with Crippen LogP contribution in [0.2, 0.25) is 0 Å². The van der Waals surface area contributed by atoms with E-state index in [-0.39, 0.29) is 11.7 Å². The predicted octanol–water partition coefficient (Wildman–Crippen LogP) is 6.36. The Morgan fingerprint density at radius 1 is 0.947 bits per heavy atom. The van der Waals surface area contributed by atoms with Gasteiger partial charge in [0.1, 0.15) is 12.4 Å². The topological polar surface area (TPSA) is 62.6 Å². The Kier molecular flexibility index (Phi) is 6.46. The molecule has 1 aliphatic carbocycles. The van der Waals surface area contributed by atoms with Crippen LogP contribution in [-0.4, -0.2) is 22.7 Å². The maximum absolute atomic E-state index is 13.3. The molecule has 4 aromatic rings. The summed E-state index contributed by atoms with van der Waals surface area (Å²) in [7, 11) is 1.64. The Morgan fingerprint density at radius 3 is 2.42 bits per heavy atom. The van der Waals surface area contributed by atoms with Crippen LogP contribution in [0.25, 0.3) is 0 Å². The fraction of sp³-hybridized carbons (Fsp3) is 0.250. The summed E-state index contributed by atoms with van der Waals surface area (Å²) in [4.78, 5) is 13.3. The Labute approximate surface area is 222 Å². The van der Waals surface area contributed by atoms with E-state index in [9.17, 15) is 4.79 Å². The molecule has 1 aliphatic heterocycles. The highest BCUT2D eigenvalue weighted by Gasteiger charge is 2.40. The van der Waals surface area contributed by atoms with Crippen molar-refractivity contribution >= 4 is 5.78 Å². The highest BCUT2D eigenvalue weighted by Crippen LogP contribution is 2.49. The van der Waals surface area contributed by atoms with E-state index in [0.717, 1.165) is 52.1 Å². The molecular formula is C32H30N2O4. The van der Waals surface area contributed by atoms with Crippen LogP contribution < -0.4 is 14.2 Å². The van der Waals surface area contributed by atoms with Crippen LogP contribution in [-0.2, 0) is 17.9 Å². The van der Waals surface area contributed by atoms with E-state index in [1.807, 2.05) is 78.3 Å². The van der Waals surface area contributed by atoms with Gasteiger partial charge in [0, 0.05) is 29.9 Å². The number of hydrogen-bond acceptors (Lipinski definition) is 5. The summed E-state index contributed by atoms with van der Waals surface area (Å²) in [5, 5.41) is 4.88. The van der Waals surface area contributed by atoms with E-state index in [1.54, 1.807) is 7.11 Å². The number of benzene rings is 3. The zero-order valence-corrected chi connectivity index (χ0v) is 21.6. The van der Waals surface area contributed by atoms with Gasteiger partial charge >= 0.3 is 0 Å². The predicted molar refractivity (Wildman–Crippen MR) is 145 cm³/mol. The van der Waals surface area contributed by atoms with Crippen molar-refractivity contribution < 1.29 is 19.0 Å². The fourth-order valence-corrected chi connectivity index (χ4v) is 5.46. The van der Waals surface area contributed by atoms with Gasteiger partial charge in [-0.05, 0) is 42.2 Å². The monoisotopic (exact) mass is 506 g/mol. The van der Waals surface area contributed by atoms with Gasteiger partial charge in [-0.2, -0.15) is 5.10 Å². The van der Waals surface area contributed by atoms with E-state index in [1.165, 1.54) is 0 Å². The molecule has 2 aliphatic rings. The third kappa shape index (κ3) is 4.47. The molecule has 38 heavy (non-hydrogen) atoms. The quantitative estimate of drug-likeness (QED) is 0.292. The van der Waals surface area contributed by atoms with Gasteiger partial charge < -0.3 is 14.2 Å². The third-order valence-electron chi connectivity index (χ3n) is 7.26.